The van der Waals surface area contributed by atoms with Crippen LogP contribution in [0, 0.1) is 6.92 Å². The number of aromatic nitrogens is 1. The second-order valence-electron chi connectivity index (χ2n) is 6.60. The molecule has 128 valence electrons. The first kappa shape index (κ1) is 17.9. The summed E-state index contributed by atoms with van der Waals surface area (Å²) in [4.78, 5) is 21.3. The number of rotatable bonds is 7. The number of amides is 1. The Morgan fingerprint density at radius 1 is 1.30 bits per heavy atom. The number of pyridine rings is 1. The van der Waals surface area contributed by atoms with Crippen molar-refractivity contribution in [3.05, 3.63) is 29.6 Å². The van der Waals surface area contributed by atoms with Gasteiger partial charge in [0.15, 0.2) is 0 Å². The number of hydrogen-bond acceptors (Lipinski definition) is 4. The van der Waals surface area contributed by atoms with E-state index < -0.39 is 0 Å². The van der Waals surface area contributed by atoms with Gasteiger partial charge in [-0.2, -0.15) is 0 Å². The van der Waals surface area contributed by atoms with E-state index in [4.69, 9.17) is 0 Å². The van der Waals surface area contributed by atoms with Gasteiger partial charge in [-0.3, -0.25) is 14.7 Å². The summed E-state index contributed by atoms with van der Waals surface area (Å²) in [6.07, 6.45) is 2.33. The lowest BCUT2D eigenvalue weighted by atomic mass is 10.1. The van der Waals surface area contributed by atoms with Crippen LogP contribution in [-0.4, -0.2) is 66.5 Å². The zero-order chi connectivity index (χ0) is 16.7. The maximum atomic E-state index is 12.0. The molecule has 1 aromatic rings. The summed E-state index contributed by atoms with van der Waals surface area (Å²) in [5.41, 5.74) is 2.06. The van der Waals surface area contributed by atoms with Gasteiger partial charge in [0.2, 0.25) is 5.91 Å². The number of carbonyl (C=O) groups is 1. The third-order valence-corrected chi connectivity index (χ3v) is 4.60. The minimum Gasteiger partial charge on any atom is -0.356 e. The van der Waals surface area contributed by atoms with Gasteiger partial charge >= 0.3 is 0 Å². The van der Waals surface area contributed by atoms with Crippen LogP contribution in [0.5, 0.6) is 0 Å². The van der Waals surface area contributed by atoms with E-state index in [-0.39, 0.29) is 5.91 Å². The molecule has 1 atom stereocenters. The Morgan fingerprint density at radius 3 is 2.74 bits per heavy atom. The van der Waals surface area contributed by atoms with E-state index in [9.17, 15) is 4.79 Å². The summed E-state index contributed by atoms with van der Waals surface area (Å²) < 4.78 is 0. The van der Waals surface area contributed by atoms with Crippen molar-refractivity contribution >= 4 is 5.91 Å². The number of aryl methyl sites for hydroxylation is 1. The molecule has 1 aliphatic heterocycles. The van der Waals surface area contributed by atoms with Crippen LogP contribution in [0.15, 0.2) is 18.2 Å². The van der Waals surface area contributed by atoms with Crippen molar-refractivity contribution in [1.29, 1.82) is 0 Å². The van der Waals surface area contributed by atoms with E-state index in [2.05, 4.69) is 34.1 Å². The normalized spacial score (nSPS) is 17.9. The number of nitrogens with zero attached hydrogens (tertiary/aromatic N) is 3. The Labute approximate surface area is 140 Å². The lowest BCUT2D eigenvalue weighted by molar-refractivity contribution is -0.121. The van der Waals surface area contributed by atoms with Gasteiger partial charge in [0.25, 0.3) is 0 Å². The van der Waals surface area contributed by atoms with Crippen molar-refractivity contribution in [2.45, 2.75) is 39.2 Å². The molecule has 1 unspecified atom stereocenters. The first-order chi connectivity index (χ1) is 11.0. The summed E-state index contributed by atoms with van der Waals surface area (Å²) in [6, 6.07) is 6.49. The van der Waals surface area contributed by atoms with Crippen LogP contribution >= 0.6 is 0 Å². The number of likely N-dealkylation sites (N-methyl/N-ethyl adjacent to an activating group) is 1. The quantitative estimate of drug-likeness (QED) is 0.827. The van der Waals surface area contributed by atoms with E-state index in [0.29, 0.717) is 19.0 Å². The van der Waals surface area contributed by atoms with Crippen LogP contribution in [-0.2, 0) is 11.2 Å². The molecule has 1 N–H and O–H groups in total. The maximum Gasteiger partial charge on any atom is 0.220 e. The molecule has 2 rings (SSSR count). The highest BCUT2D eigenvalue weighted by molar-refractivity contribution is 5.75. The van der Waals surface area contributed by atoms with Crippen LogP contribution < -0.4 is 5.32 Å². The van der Waals surface area contributed by atoms with Gasteiger partial charge in [-0.15, -0.1) is 0 Å². The molecular weight excluding hydrogens is 288 g/mol. The predicted octanol–water partition coefficient (Wildman–Crippen LogP) is 1.46. The van der Waals surface area contributed by atoms with Gasteiger partial charge in [-0.1, -0.05) is 6.07 Å². The topological polar surface area (TPSA) is 48.5 Å². The summed E-state index contributed by atoms with van der Waals surface area (Å²) in [6.45, 7) is 9.35. The molecule has 0 aromatic carbocycles. The van der Waals surface area contributed by atoms with Gasteiger partial charge in [0, 0.05) is 63.0 Å². The molecule has 0 aliphatic carbocycles. The highest BCUT2D eigenvalue weighted by Gasteiger charge is 2.19. The zero-order valence-corrected chi connectivity index (χ0v) is 14.7. The highest BCUT2D eigenvalue weighted by atomic mass is 16.1. The summed E-state index contributed by atoms with van der Waals surface area (Å²) in [5, 5.41) is 3.01. The third-order valence-electron chi connectivity index (χ3n) is 4.60. The number of carbonyl (C=O) groups excluding carboxylic acids is 1. The van der Waals surface area contributed by atoms with E-state index in [1.807, 2.05) is 25.1 Å². The fraction of sp³-hybridized carbons (Fsp3) is 0.667. The molecule has 1 aliphatic rings. The Hall–Kier alpha value is -1.46. The molecule has 1 fully saturated rings. The molecule has 2 heterocycles. The zero-order valence-electron chi connectivity index (χ0n) is 14.7. The molecule has 0 saturated carbocycles. The fourth-order valence-electron chi connectivity index (χ4n) is 2.94. The van der Waals surface area contributed by atoms with Crippen molar-refractivity contribution < 1.29 is 4.79 Å². The first-order valence-corrected chi connectivity index (χ1v) is 8.66. The molecule has 0 radical (unpaired) electrons. The van der Waals surface area contributed by atoms with Crippen LogP contribution in [0.3, 0.4) is 0 Å². The van der Waals surface area contributed by atoms with Gasteiger partial charge in [0.1, 0.15) is 0 Å². The molecule has 5 heteroatoms. The Balaban J connectivity index is 1.61. The van der Waals surface area contributed by atoms with Crippen molar-refractivity contribution in [1.82, 2.24) is 20.1 Å². The standard InChI is InChI=1S/C18H30N4O/c1-15-5-4-6-17(20-15)9-10-19-18(23)8-7-16(2)22-13-11-21(3)12-14-22/h4-6,16H,7-14H2,1-3H3,(H,19,23). The van der Waals surface area contributed by atoms with E-state index in [0.717, 1.165) is 50.4 Å². The highest BCUT2D eigenvalue weighted by Crippen LogP contribution is 2.09. The van der Waals surface area contributed by atoms with Gasteiger partial charge in [-0.05, 0) is 39.4 Å². The molecule has 1 aromatic heterocycles. The van der Waals surface area contributed by atoms with Crippen LogP contribution in [0.25, 0.3) is 0 Å². The van der Waals surface area contributed by atoms with E-state index >= 15 is 0 Å². The number of piperazine rings is 1. The lowest BCUT2D eigenvalue weighted by Gasteiger charge is -2.36. The minimum absolute atomic E-state index is 0.152. The molecule has 5 nitrogen and oxygen atoms in total. The van der Waals surface area contributed by atoms with Crippen molar-refractivity contribution in [2.75, 3.05) is 39.8 Å². The maximum absolute atomic E-state index is 12.0. The van der Waals surface area contributed by atoms with Crippen LogP contribution in [0.4, 0.5) is 0 Å². The average Bonchev–Trinajstić information content (AvgIpc) is 2.53. The molecule has 1 saturated heterocycles. The molecule has 0 spiro atoms. The summed E-state index contributed by atoms with van der Waals surface area (Å²) in [7, 11) is 2.17. The average molecular weight is 318 g/mol. The largest absolute Gasteiger partial charge is 0.356 e. The van der Waals surface area contributed by atoms with Crippen molar-refractivity contribution in [2.24, 2.45) is 0 Å². The van der Waals surface area contributed by atoms with Gasteiger partial charge in [0.05, 0.1) is 0 Å². The van der Waals surface area contributed by atoms with Crippen molar-refractivity contribution in [3.63, 3.8) is 0 Å². The fourth-order valence-corrected chi connectivity index (χ4v) is 2.94. The van der Waals surface area contributed by atoms with Crippen LogP contribution in [0.2, 0.25) is 0 Å². The molecule has 0 bridgehead atoms. The van der Waals surface area contributed by atoms with Gasteiger partial charge in [-0.25, -0.2) is 0 Å². The minimum atomic E-state index is 0.152. The first-order valence-electron chi connectivity index (χ1n) is 8.66. The molecule has 1 amide bonds. The molecule has 23 heavy (non-hydrogen) atoms. The third kappa shape index (κ3) is 6.28. The lowest BCUT2D eigenvalue weighted by Crippen LogP contribution is -2.48. The Kier molecular flexibility index (Phi) is 6.99. The Morgan fingerprint density at radius 2 is 2.04 bits per heavy atom. The predicted molar refractivity (Wildman–Crippen MR) is 93.5 cm³/mol. The number of hydrogen-bond donors (Lipinski definition) is 1. The second-order valence-corrected chi connectivity index (χ2v) is 6.60. The second kappa shape index (κ2) is 8.99. The Bertz CT molecular complexity index is 498. The SMILES string of the molecule is Cc1cccc(CCNC(=O)CCC(C)N2CCN(C)CC2)n1. The van der Waals surface area contributed by atoms with Crippen molar-refractivity contribution in [3.8, 4) is 0 Å². The summed E-state index contributed by atoms with van der Waals surface area (Å²) in [5.74, 6) is 0.152. The number of nitrogens with one attached hydrogen (secondary N) is 1. The van der Waals surface area contributed by atoms with Crippen LogP contribution in [0.1, 0.15) is 31.2 Å². The van der Waals surface area contributed by atoms with Gasteiger partial charge < -0.3 is 10.2 Å². The van der Waals surface area contributed by atoms with E-state index in [1.165, 1.54) is 0 Å². The monoisotopic (exact) mass is 318 g/mol. The summed E-state index contributed by atoms with van der Waals surface area (Å²) >= 11 is 0. The molecular formula is C18H30N4O. The van der Waals surface area contributed by atoms with E-state index in [1.54, 1.807) is 0 Å². The smallest absolute Gasteiger partial charge is 0.220 e.